The molecule has 2 aliphatic rings. The summed E-state index contributed by atoms with van der Waals surface area (Å²) in [5, 5.41) is 0. The monoisotopic (exact) mass is 331 g/mol. The van der Waals surface area contributed by atoms with Crippen molar-refractivity contribution in [2.24, 2.45) is 5.41 Å². The van der Waals surface area contributed by atoms with E-state index in [-0.39, 0.29) is 11.5 Å². The van der Waals surface area contributed by atoms with E-state index in [0.29, 0.717) is 6.10 Å². The maximum atomic E-state index is 12.3. The zero-order chi connectivity index (χ0) is 17.2. The van der Waals surface area contributed by atoms with Gasteiger partial charge >= 0.3 is 6.09 Å². The highest BCUT2D eigenvalue weighted by atomic mass is 16.6. The standard InChI is InChI=1S/C20H29NO3/c1-19(2,3)24-18(22)21-13-11-20(12-14-21,17-15-23-17)10-9-16-7-5-4-6-8-16/h4-8,17H,9-15H2,1-3H3. The molecule has 0 saturated carbocycles. The molecule has 0 aliphatic carbocycles. The SMILES string of the molecule is CC(C)(C)OC(=O)N1CCC(CCc2ccccc2)(C2CO2)CC1. The molecule has 2 aliphatic heterocycles. The first-order valence-corrected chi connectivity index (χ1v) is 9.01. The highest BCUT2D eigenvalue weighted by molar-refractivity contribution is 5.68. The zero-order valence-electron chi connectivity index (χ0n) is 15.1. The number of carbonyl (C=O) groups excluding carboxylic acids is 1. The molecule has 0 spiro atoms. The molecule has 1 aromatic carbocycles. The summed E-state index contributed by atoms with van der Waals surface area (Å²) in [7, 11) is 0. The van der Waals surface area contributed by atoms with Crippen molar-refractivity contribution in [1.82, 2.24) is 4.90 Å². The van der Waals surface area contributed by atoms with Crippen LogP contribution < -0.4 is 0 Å². The van der Waals surface area contributed by atoms with Gasteiger partial charge in [-0.3, -0.25) is 0 Å². The number of benzene rings is 1. The molecule has 1 atom stereocenters. The first kappa shape index (κ1) is 17.3. The third-order valence-electron chi connectivity index (χ3n) is 5.18. The average molecular weight is 331 g/mol. The molecule has 2 fully saturated rings. The Morgan fingerprint density at radius 2 is 1.88 bits per heavy atom. The lowest BCUT2D eigenvalue weighted by Gasteiger charge is -2.41. The van der Waals surface area contributed by atoms with E-state index in [1.807, 2.05) is 25.7 Å². The van der Waals surface area contributed by atoms with Crippen LogP contribution in [0.4, 0.5) is 4.79 Å². The van der Waals surface area contributed by atoms with Gasteiger partial charge in [-0.2, -0.15) is 0 Å². The number of rotatable bonds is 4. The summed E-state index contributed by atoms with van der Waals surface area (Å²) in [5.41, 5.74) is 1.17. The number of likely N-dealkylation sites (tertiary alicyclic amines) is 1. The van der Waals surface area contributed by atoms with Crippen molar-refractivity contribution in [3.63, 3.8) is 0 Å². The smallest absolute Gasteiger partial charge is 0.410 e. The highest BCUT2D eigenvalue weighted by Crippen LogP contribution is 2.45. The molecular formula is C20H29NO3. The van der Waals surface area contributed by atoms with Crippen LogP contribution in [-0.4, -0.2) is 42.4 Å². The number of hydrogen-bond donors (Lipinski definition) is 0. The van der Waals surface area contributed by atoms with Gasteiger partial charge in [0.05, 0.1) is 12.7 Å². The molecule has 132 valence electrons. The topological polar surface area (TPSA) is 42.1 Å². The van der Waals surface area contributed by atoms with Crippen LogP contribution in [0.2, 0.25) is 0 Å². The van der Waals surface area contributed by atoms with Crippen LogP contribution in [-0.2, 0) is 15.9 Å². The third-order valence-corrected chi connectivity index (χ3v) is 5.18. The Labute approximate surface area is 145 Å². The van der Waals surface area contributed by atoms with Gasteiger partial charge in [0, 0.05) is 18.5 Å². The minimum absolute atomic E-state index is 0.184. The number of hydrogen-bond acceptors (Lipinski definition) is 3. The van der Waals surface area contributed by atoms with E-state index < -0.39 is 5.60 Å². The summed E-state index contributed by atoms with van der Waals surface area (Å²) in [6.07, 6.45) is 4.41. The van der Waals surface area contributed by atoms with E-state index in [0.717, 1.165) is 45.4 Å². The van der Waals surface area contributed by atoms with Gasteiger partial charge in [0.1, 0.15) is 5.60 Å². The highest BCUT2D eigenvalue weighted by Gasteiger charge is 2.48. The van der Waals surface area contributed by atoms with E-state index in [9.17, 15) is 4.79 Å². The summed E-state index contributed by atoms with van der Waals surface area (Å²) in [6.45, 7) is 8.15. The van der Waals surface area contributed by atoms with Gasteiger partial charge in [0.25, 0.3) is 0 Å². The molecule has 4 nitrogen and oxygen atoms in total. The van der Waals surface area contributed by atoms with E-state index in [2.05, 4.69) is 30.3 Å². The lowest BCUT2D eigenvalue weighted by Crippen LogP contribution is -2.47. The number of nitrogens with zero attached hydrogens (tertiary/aromatic N) is 1. The van der Waals surface area contributed by atoms with Gasteiger partial charge in [0.15, 0.2) is 0 Å². The predicted molar refractivity (Wildman–Crippen MR) is 94.0 cm³/mol. The predicted octanol–water partition coefficient (Wildman–Crippen LogP) is 4.04. The lowest BCUT2D eigenvalue weighted by atomic mass is 9.72. The summed E-state index contributed by atoms with van der Waals surface area (Å²) in [5.74, 6) is 0. The molecular weight excluding hydrogens is 302 g/mol. The van der Waals surface area contributed by atoms with Crippen LogP contribution in [0, 0.1) is 5.41 Å². The van der Waals surface area contributed by atoms with Crippen molar-refractivity contribution < 1.29 is 14.3 Å². The molecule has 0 aromatic heterocycles. The number of ether oxygens (including phenoxy) is 2. The van der Waals surface area contributed by atoms with Crippen LogP contribution in [0.3, 0.4) is 0 Å². The number of amides is 1. The number of aryl methyl sites for hydroxylation is 1. The van der Waals surface area contributed by atoms with E-state index in [1.165, 1.54) is 5.56 Å². The summed E-state index contributed by atoms with van der Waals surface area (Å²) in [6, 6.07) is 10.6. The van der Waals surface area contributed by atoms with Gasteiger partial charge in [-0.15, -0.1) is 0 Å². The molecule has 2 saturated heterocycles. The van der Waals surface area contributed by atoms with Crippen molar-refractivity contribution in [2.45, 2.75) is 58.2 Å². The summed E-state index contributed by atoms with van der Waals surface area (Å²) >= 11 is 0. The largest absolute Gasteiger partial charge is 0.444 e. The van der Waals surface area contributed by atoms with Gasteiger partial charge < -0.3 is 14.4 Å². The fraction of sp³-hybridized carbons (Fsp3) is 0.650. The number of epoxide rings is 1. The van der Waals surface area contributed by atoms with Crippen LogP contribution in [0.15, 0.2) is 30.3 Å². The average Bonchev–Trinajstić information content (AvgIpc) is 3.38. The molecule has 0 N–H and O–H groups in total. The van der Waals surface area contributed by atoms with Crippen LogP contribution in [0.25, 0.3) is 0 Å². The van der Waals surface area contributed by atoms with E-state index in [4.69, 9.17) is 9.47 Å². The molecule has 2 heterocycles. The molecule has 24 heavy (non-hydrogen) atoms. The van der Waals surface area contributed by atoms with Crippen molar-refractivity contribution in [1.29, 1.82) is 0 Å². The molecule has 1 aromatic rings. The van der Waals surface area contributed by atoms with Gasteiger partial charge in [-0.25, -0.2) is 4.79 Å². The van der Waals surface area contributed by atoms with Gasteiger partial charge in [-0.1, -0.05) is 30.3 Å². The molecule has 1 amide bonds. The molecule has 4 heteroatoms. The Hall–Kier alpha value is -1.55. The Morgan fingerprint density at radius 3 is 2.42 bits per heavy atom. The fourth-order valence-corrected chi connectivity index (χ4v) is 3.63. The Balaban J connectivity index is 1.57. The van der Waals surface area contributed by atoms with Gasteiger partial charge in [0.2, 0.25) is 0 Å². The number of carbonyl (C=O) groups is 1. The quantitative estimate of drug-likeness (QED) is 0.782. The minimum atomic E-state index is -0.432. The maximum absolute atomic E-state index is 12.3. The fourth-order valence-electron chi connectivity index (χ4n) is 3.63. The zero-order valence-corrected chi connectivity index (χ0v) is 15.1. The molecule has 3 rings (SSSR count). The van der Waals surface area contributed by atoms with Gasteiger partial charge in [-0.05, 0) is 52.0 Å². The minimum Gasteiger partial charge on any atom is -0.444 e. The Morgan fingerprint density at radius 1 is 1.25 bits per heavy atom. The second kappa shape index (κ2) is 6.75. The molecule has 1 unspecified atom stereocenters. The molecule has 0 radical (unpaired) electrons. The van der Waals surface area contributed by atoms with Crippen LogP contribution in [0.1, 0.15) is 45.6 Å². The molecule has 0 bridgehead atoms. The summed E-state index contributed by atoms with van der Waals surface area (Å²) in [4.78, 5) is 14.1. The van der Waals surface area contributed by atoms with Crippen molar-refractivity contribution in [2.75, 3.05) is 19.7 Å². The lowest BCUT2D eigenvalue weighted by molar-refractivity contribution is 0.00434. The third kappa shape index (κ3) is 4.29. The number of piperidine rings is 1. The first-order valence-electron chi connectivity index (χ1n) is 9.01. The normalized spacial score (nSPS) is 23.0. The van der Waals surface area contributed by atoms with E-state index in [1.54, 1.807) is 0 Å². The van der Waals surface area contributed by atoms with Crippen molar-refractivity contribution in [3.8, 4) is 0 Å². The van der Waals surface area contributed by atoms with E-state index >= 15 is 0 Å². The Kier molecular flexibility index (Phi) is 4.86. The van der Waals surface area contributed by atoms with Crippen LogP contribution >= 0.6 is 0 Å². The second-order valence-corrected chi connectivity index (χ2v) is 8.14. The maximum Gasteiger partial charge on any atom is 0.410 e. The van der Waals surface area contributed by atoms with Crippen LogP contribution in [0.5, 0.6) is 0 Å². The van der Waals surface area contributed by atoms with Crippen molar-refractivity contribution in [3.05, 3.63) is 35.9 Å². The first-order chi connectivity index (χ1) is 11.4. The van der Waals surface area contributed by atoms with Crippen molar-refractivity contribution >= 4 is 6.09 Å². The summed E-state index contributed by atoms with van der Waals surface area (Å²) < 4.78 is 11.2. The Bertz CT molecular complexity index is 552. The second-order valence-electron chi connectivity index (χ2n) is 8.14.